The molecule has 0 saturated heterocycles. The number of aromatic nitrogens is 2. The summed E-state index contributed by atoms with van der Waals surface area (Å²) in [5, 5.41) is 0. The maximum absolute atomic E-state index is 5.55. The molecule has 0 N–H and O–H groups in total. The van der Waals surface area contributed by atoms with Crippen LogP contribution in [0.1, 0.15) is 36.7 Å². The molecule has 122 valence electrons. The van der Waals surface area contributed by atoms with Crippen molar-refractivity contribution in [3.8, 4) is 0 Å². The molecular weight excluding hydrogens is 286 g/mol. The quantitative estimate of drug-likeness (QED) is 0.438. The SMILES string of the molecule is C=Cc1ccc(C/N=C(\OC)c2n(CCCC)cc[n+]2C)cc1. The van der Waals surface area contributed by atoms with Gasteiger partial charge in [0.15, 0.2) is 0 Å². The highest BCUT2D eigenvalue weighted by molar-refractivity contribution is 5.89. The summed E-state index contributed by atoms with van der Waals surface area (Å²) >= 11 is 0. The standard InChI is InChI=1S/C19H26N3O/c1-5-7-12-22-14-13-21(3)19(22)18(23-4)20-15-17-10-8-16(6-2)9-11-17/h6,8-11,13-14H,2,5,7,12,15H2,1,3-4H3/q+1/b20-18-. The molecule has 0 radical (unpaired) electrons. The van der Waals surface area contributed by atoms with Crippen molar-refractivity contribution in [1.82, 2.24) is 4.57 Å². The lowest BCUT2D eigenvalue weighted by atomic mass is 10.1. The van der Waals surface area contributed by atoms with Crippen LogP contribution in [0.3, 0.4) is 0 Å². The molecule has 0 spiro atoms. The van der Waals surface area contributed by atoms with E-state index in [4.69, 9.17) is 4.74 Å². The Kier molecular flexibility index (Phi) is 6.15. The highest BCUT2D eigenvalue weighted by Crippen LogP contribution is 2.08. The molecule has 4 nitrogen and oxygen atoms in total. The van der Waals surface area contributed by atoms with Crippen molar-refractivity contribution >= 4 is 12.0 Å². The van der Waals surface area contributed by atoms with Gasteiger partial charge in [-0.15, -0.1) is 0 Å². The average Bonchev–Trinajstić information content (AvgIpc) is 2.95. The van der Waals surface area contributed by atoms with E-state index in [1.807, 2.05) is 31.5 Å². The van der Waals surface area contributed by atoms with Gasteiger partial charge in [-0.05, 0) is 17.5 Å². The van der Waals surface area contributed by atoms with E-state index in [0.29, 0.717) is 12.4 Å². The monoisotopic (exact) mass is 312 g/mol. The molecule has 4 heteroatoms. The van der Waals surface area contributed by atoms with E-state index in [-0.39, 0.29) is 0 Å². The third kappa shape index (κ3) is 4.31. The molecule has 0 fully saturated rings. The van der Waals surface area contributed by atoms with Gasteiger partial charge < -0.3 is 4.74 Å². The molecule has 0 bridgehead atoms. The van der Waals surface area contributed by atoms with Crippen molar-refractivity contribution in [2.24, 2.45) is 12.0 Å². The predicted octanol–water partition coefficient (Wildman–Crippen LogP) is 3.35. The molecule has 1 heterocycles. The molecular formula is C19H26N3O+. The second-order valence-corrected chi connectivity index (χ2v) is 5.55. The number of unbranched alkanes of at least 4 members (excludes halogenated alkanes) is 1. The molecule has 2 rings (SSSR count). The van der Waals surface area contributed by atoms with Crippen LogP contribution >= 0.6 is 0 Å². The largest absolute Gasteiger partial charge is 0.475 e. The summed E-state index contributed by atoms with van der Waals surface area (Å²) in [6, 6.07) is 8.25. The van der Waals surface area contributed by atoms with Gasteiger partial charge in [0, 0.05) is 0 Å². The van der Waals surface area contributed by atoms with Crippen molar-refractivity contribution in [2.75, 3.05) is 7.11 Å². The van der Waals surface area contributed by atoms with Crippen molar-refractivity contribution in [2.45, 2.75) is 32.9 Å². The first-order valence-corrected chi connectivity index (χ1v) is 8.04. The zero-order chi connectivity index (χ0) is 16.7. The number of rotatable bonds is 7. The van der Waals surface area contributed by atoms with E-state index >= 15 is 0 Å². The van der Waals surface area contributed by atoms with Gasteiger partial charge in [-0.2, -0.15) is 0 Å². The summed E-state index contributed by atoms with van der Waals surface area (Å²) in [7, 11) is 3.70. The number of ether oxygens (including phenoxy) is 1. The summed E-state index contributed by atoms with van der Waals surface area (Å²) < 4.78 is 9.81. The highest BCUT2D eigenvalue weighted by Gasteiger charge is 2.21. The van der Waals surface area contributed by atoms with E-state index in [9.17, 15) is 0 Å². The molecule has 0 aliphatic carbocycles. The third-order valence-electron chi connectivity index (χ3n) is 3.83. The number of hydrogen-bond donors (Lipinski definition) is 0. The van der Waals surface area contributed by atoms with Gasteiger partial charge in [0.25, 0.3) is 0 Å². The number of aryl methyl sites for hydroxylation is 2. The van der Waals surface area contributed by atoms with Crippen LogP contribution in [0.25, 0.3) is 6.08 Å². The number of benzene rings is 1. The highest BCUT2D eigenvalue weighted by atomic mass is 16.5. The van der Waals surface area contributed by atoms with E-state index < -0.39 is 0 Å². The van der Waals surface area contributed by atoms with Crippen molar-refractivity contribution in [3.05, 3.63) is 60.2 Å². The van der Waals surface area contributed by atoms with E-state index in [0.717, 1.165) is 36.3 Å². The number of aliphatic imine (C=N–C) groups is 1. The lowest BCUT2D eigenvalue weighted by Gasteiger charge is -2.05. The molecule has 0 unspecified atom stereocenters. The fourth-order valence-electron chi connectivity index (χ4n) is 2.46. The second-order valence-electron chi connectivity index (χ2n) is 5.55. The summed E-state index contributed by atoms with van der Waals surface area (Å²) in [5.41, 5.74) is 2.27. The maximum atomic E-state index is 5.55. The minimum Gasteiger partial charge on any atom is -0.475 e. The molecule has 23 heavy (non-hydrogen) atoms. The minimum absolute atomic E-state index is 0.597. The van der Waals surface area contributed by atoms with Crippen LogP contribution in [-0.2, 0) is 24.9 Å². The molecule has 0 aliphatic heterocycles. The fraction of sp³-hybridized carbons (Fsp3) is 0.368. The van der Waals surface area contributed by atoms with Crippen LogP contribution in [0.4, 0.5) is 0 Å². The van der Waals surface area contributed by atoms with E-state index in [1.165, 1.54) is 0 Å². The van der Waals surface area contributed by atoms with Gasteiger partial charge in [0.2, 0.25) is 0 Å². The summed E-state index contributed by atoms with van der Waals surface area (Å²) in [4.78, 5) is 4.67. The molecule has 0 aliphatic rings. The van der Waals surface area contributed by atoms with E-state index in [2.05, 4.69) is 46.0 Å². The lowest BCUT2D eigenvalue weighted by Crippen LogP contribution is -2.36. The van der Waals surface area contributed by atoms with Gasteiger partial charge in [-0.3, -0.25) is 0 Å². The summed E-state index contributed by atoms with van der Waals surface area (Å²) in [6.45, 7) is 7.54. The van der Waals surface area contributed by atoms with Crippen molar-refractivity contribution in [3.63, 3.8) is 0 Å². The van der Waals surface area contributed by atoms with Crippen molar-refractivity contribution in [1.29, 1.82) is 0 Å². The number of imidazole rings is 1. The van der Waals surface area contributed by atoms with Gasteiger partial charge >= 0.3 is 11.7 Å². The summed E-state index contributed by atoms with van der Waals surface area (Å²) in [5.74, 6) is 1.67. The van der Waals surface area contributed by atoms with Crippen LogP contribution in [-0.4, -0.2) is 17.6 Å². The predicted molar refractivity (Wildman–Crippen MR) is 94.3 cm³/mol. The van der Waals surface area contributed by atoms with Gasteiger partial charge in [0.1, 0.15) is 12.4 Å². The molecule has 1 aromatic heterocycles. The van der Waals surface area contributed by atoms with Crippen LogP contribution in [0.2, 0.25) is 0 Å². The first kappa shape index (κ1) is 17.0. The van der Waals surface area contributed by atoms with Gasteiger partial charge in [0.05, 0.1) is 27.2 Å². The van der Waals surface area contributed by atoms with Crippen LogP contribution in [0, 0.1) is 0 Å². The first-order chi connectivity index (χ1) is 11.2. The number of methoxy groups -OCH3 is 1. The average molecular weight is 312 g/mol. The Morgan fingerprint density at radius 3 is 2.70 bits per heavy atom. The molecule has 0 saturated carbocycles. The number of nitrogens with zero attached hydrogens (tertiary/aromatic N) is 3. The lowest BCUT2D eigenvalue weighted by molar-refractivity contribution is -0.672. The fourth-order valence-corrected chi connectivity index (χ4v) is 2.46. The maximum Gasteiger partial charge on any atom is 0.344 e. The first-order valence-electron chi connectivity index (χ1n) is 8.04. The Morgan fingerprint density at radius 1 is 1.35 bits per heavy atom. The Balaban J connectivity index is 2.20. The van der Waals surface area contributed by atoms with Crippen molar-refractivity contribution < 1.29 is 9.30 Å². The third-order valence-corrected chi connectivity index (χ3v) is 3.83. The van der Waals surface area contributed by atoms with Gasteiger partial charge in [-0.25, -0.2) is 14.1 Å². The Labute approximate surface area is 138 Å². The molecule has 0 atom stereocenters. The zero-order valence-corrected chi connectivity index (χ0v) is 14.3. The van der Waals surface area contributed by atoms with Crippen LogP contribution < -0.4 is 4.57 Å². The molecule has 0 amide bonds. The van der Waals surface area contributed by atoms with Crippen LogP contribution in [0.5, 0.6) is 0 Å². The molecule has 2 aromatic rings. The molecule has 1 aromatic carbocycles. The normalized spacial score (nSPS) is 11.5. The summed E-state index contributed by atoms with van der Waals surface area (Å²) in [6.07, 6.45) is 8.27. The Bertz CT molecular complexity index is 668. The number of hydrogen-bond acceptors (Lipinski definition) is 2. The zero-order valence-electron chi connectivity index (χ0n) is 14.3. The Morgan fingerprint density at radius 2 is 2.09 bits per heavy atom. The van der Waals surface area contributed by atoms with E-state index in [1.54, 1.807) is 7.11 Å². The van der Waals surface area contributed by atoms with Gasteiger partial charge in [-0.1, -0.05) is 50.3 Å². The second kappa shape index (κ2) is 8.32. The van der Waals surface area contributed by atoms with Crippen LogP contribution in [0.15, 0.2) is 48.2 Å². The smallest absolute Gasteiger partial charge is 0.344 e. The topological polar surface area (TPSA) is 30.4 Å². The Hall–Kier alpha value is -2.36. The minimum atomic E-state index is 0.597.